The van der Waals surface area contributed by atoms with Crippen molar-refractivity contribution in [3.8, 4) is 33.4 Å². The molecule has 38 heavy (non-hydrogen) atoms. The summed E-state index contributed by atoms with van der Waals surface area (Å²) >= 11 is 0. The predicted octanol–water partition coefficient (Wildman–Crippen LogP) is 10.8. The van der Waals surface area contributed by atoms with Crippen molar-refractivity contribution in [2.45, 2.75) is 13.8 Å². The molecule has 0 radical (unpaired) electrons. The van der Waals surface area contributed by atoms with Crippen molar-refractivity contribution in [2.75, 3.05) is 0 Å². The van der Waals surface area contributed by atoms with Gasteiger partial charge in [0.05, 0.1) is 0 Å². The Morgan fingerprint density at radius 3 is 1.42 bits per heavy atom. The van der Waals surface area contributed by atoms with Gasteiger partial charge in [-0.05, 0) is 90.7 Å². The van der Waals surface area contributed by atoms with Crippen molar-refractivity contribution in [3.63, 3.8) is 0 Å². The summed E-state index contributed by atoms with van der Waals surface area (Å²) in [5.74, 6) is 0. The maximum absolute atomic E-state index is 2.39. The van der Waals surface area contributed by atoms with Crippen LogP contribution in [-0.2, 0) is 0 Å². The number of fused-ring (bicyclic) bond motifs is 3. The molecule has 0 saturated carbocycles. The topological polar surface area (TPSA) is 0 Å². The highest BCUT2D eigenvalue weighted by atomic mass is 14.2. The lowest BCUT2D eigenvalue weighted by atomic mass is 9.83. The molecule has 0 saturated heterocycles. The summed E-state index contributed by atoms with van der Waals surface area (Å²) in [5, 5.41) is 7.74. The summed E-state index contributed by atoms with van der Waals surface area (Å²) in [4.78, 5) is 0. The maximum Gasteiger partial charge on any atom is -0.00201 e. The molecule has 0 aliphatic carbocycles. The van der Waals surface area contributed by atoms with Gasteiger partial charge < -0.3 is 0 Å². The molecule has 0 bridgehead atoms. The van der Waals surface area contributed by atoms with Crippen molar-refractivity contribution >= 4 is 32.3 Å². The Hall–Kier alpha value is -4.68. The molecule has 7 aromatic rings. The molecular formula is C38H28. The molecule has 7 rings (SSSR count). The van der Waals surface area contributed by atoms with E-state index >= 15 is 0 Å². The van der Waals surface area contributed by atoms with E-state index in [2.05, 4.69) is 147 Å². The Labute approximate surface area is 223 Å². The van der Waals surface area contributed by atoms with Crippen molar-refractivity contribution < 1.29 is 0 Å². The lowest BCUT2D eigenvalue weighted by molar-refractivity contribution is 1.39. The molecule has 0 heterocycles. The van der Waals surface area contributed by atoms with Crippen LogP contribution in [0.25, 0.3) is 65.7 Å². The van der Waals surface area contributed by atoms with Crippen LogP contribution in [0.3, 0.4) is 0 Å². The second-order valence-electron chi connectivity index (χ2n) is 10.2. The van der Waals surface area contributed by atoms with Gasteiger partial charge in [-0.3, -0.25) is 0 Å². The highest BCUT2D eigenvalue weighted by molar-refractivity contribution is 6.23. The molecule has 0 unspecified atom stereocenters. The van der Waals surface area contributed by atoms with E-state index in [1.807, 2.05) is 0 Å². The molecule has 0 fully saturated rings. The summed E-state index contributed by atoms with van der Waals surface area (Å²) in [5.41, 5.74) is 10.4. The number of rotatable bonds is 3. The summed E-state index contributed by atoms with van der Waals surface area (Å²) in [6.45, 7) is 4.49. The van der Waals surface area contributed by atoms with Crippen LogP contribution in [0.4, 0.5) is 0 Å². The van der Waals surface area contributed by atoms with Gasteiger partial charge >= 0.3 is 0 Å². The smallest absolute Gasteiger partial charge is 0.00201 e. The third-order valence-electron chi connectivity index (χ3n) is 7.92. The fourth-order valence-corrected chi connectivity index (χ4v) is 6.17. The van der Waals surface area contributed by atoms with Crippen molar-refractivity contribution in [2.24, 2.45) is 0 Å². The Bertz CT molecular complexity index is 1910. The van der Waals surface area contributed by atoms with Gasteiger partial charge in [0, 0.05) is 0 Å². The SMILES string of the molecule is Cc1cc(-c2c3ccccc3c(-c3cccc4ccccc34)c3ccccc23)c(C)cc1-c1ccccc1. The standard InChI is InChI=1S/C38H28/c1-25-24-36(26(2)23-35(25)28-13-4-3-5-14-28)38-33-20-10-8-18-31(33)37(32-19-9-11-21-34(32)38)30-22-12-16-27-15-6-7-17-29(27)30/h3-24H,1-2H3. The van der Waals surface area contributed by atoms with Crippen LogP contribution in [0.2, 0.25) is 0 Å². The van der Waals surface area contributed by atoms with E-state index in [1.165, 1.54) is 76.8 Å². The Balaban J connectivity index is 1.59. The highest BCUT2D eigenvalue weighted by Gasteiger charge is 2.19. The molecule has 0 aromatic heterocycles. The van der Waals surface area contributed by atoms with Crippen LogP contribution in [0, 0.1) is 13.8 Å². The van der Waals surface area contributed by atoms with Gasteiger partial charge in [-0.25, -0.2) is 0 Å². The minimum absolute atomic E-state index is 1.26. The summed E-state index contributed by atoms with van der Waals surface area (Å²) < 4.78 is 0. The Kier molecular flexibility index (Phi) is 5.34. The molecule has 0 amide bonds. The van der Waals surface area contributed by atoms with E-state index < -0.39 is 0 Å². The molecule has 7 aromatic carbocycles. The largest absolute Gasteiger partial charge is 0.0622 e. The van der Waals surface area contributed by atoms with Gasteiger partial charge in [0.2, 0.25) is 0 Å². The zero-order valence-electron chi connectivity index (χ0n) is 21.7. The first-order valence-corrected chi connectivity index (χ1v) is 13.3. The summed E-state index contributed by atoms with van der Waals surface area (Å²) in [6, 6.07) is 48.7. The number of aryl methyl sites for hydroxylation is 2. The summed E-state index contributed by atoms with van der Waals surface area (Å²) in [7, 11) is 0. The predicted molar refractivity (Wildman–Crippen MR) is 165 cm³/mol. The van der Waals surface area contributed by atoms with Crippen LogP contribution in [0.5, 0.6) is 0 Å². The van der Waals surface area contributed by atoms with Gasteiger partial charge in [0.1, 0.15) is 0 Å². The molecule has 0 nitrogen and oxygen atoms in total. The molecule has 180 valence electrons. The molecule has 0 spiro atoms. The Morgan fingerprint density at radius 1 is 0.342 bits per heavy atom. The van der Waals surface area contributed by atoms with E-state index in [4.69, 9.17) is 0 Å². The normalized spacial score (nSPS) is 11.4. The van der Waals surface area contributed by atoms with Crippen LogP contribution >= 0.6 is 0 Å². The van der Waals surface area contributed by atoms with Crippen molar-refractivity contribution in [1.82, 2.24) is 0 Å². The van der Waals surface area contributed by atoms with E-state index in [1.54, 1.807) is 0 Å². The number of benzene rings is 7. The minimum atomic E-state index is 1.26. The van der Waals surface area contributed by atoms with Crippen molar-refractivity contribution in [3.05, 3.63) is 145 Å². The first kappa shape index (κ1) is 22.5. The molecular weight excluding hydrogens is 456 g/mol. The second kappa shape index (κ2) is 9.01. The van der Waals surface area contributed by atoms with E-state index in [0.29, 0.717) is 0 Å². The van der Waals surface area contributed by atoms with Crippen LogP contribution < -0.4 is 0 Å². The molecule has 0 aliphatic heterocycles. The van der Waals surface area contributed by atoms with Crippen LogP contribution in [-0.4, -0.2) is 0 Å². The monoisotopic (exact) mass is 484 g/mol. The van der Waals surface area contributed by atoms with Gasteiger partial charge in [-0.2, -0.15) is 0 Å². The van der Waals surface area contributed by atoms with E-state index in [-0.39, 0.29) is 0 Å². The zero-order chi connectivity index (χ0) is 25.6. The highest BCUT2D eigenvalue weighted by Crippen LogP contribution is 2.46. The maximum atomic E-state index is 2.39. The second-order valence-corrected chi connectivity index (χ2v) is 10.2. The zero-order valence-corrected chi connectivity index (χ0v) is 21.7. The first-order valence-electron chi connectivity index (χ1n) is 13.3. The molecule has 0 atom stereocenters. The average Bonchev–Trinajstić information content (AvgIpc) is 2.97. The van der Waals surface area contributed by atoms with Crippen molar-refractivity contribution in [1.29, 1.82) is 0 Å². The Morgan fingerprint density at radius 2 is 0.789 bits per heavy atom. The van der Waals surface area contributed by atoms with E-state index in [0.717, 1.165) is 0 Å². The average molecular weight is 485 g/mol. The first-order chi connectivity index (χ1) is 18.7. The quantitative estimate of drug-likeness (QED) is 0.219. The third kappa shape index (κ3) is 3.53. The van der Waals surface area contributed by atoms with Gasteiger partial charge in [-0.15, -0.1) is 0 Å². The van der Waals surface area contributed by atoms with E-state index in [9.17, 15) is 0 Å². The van der Waals surface area contributed by atoms with Gasteiger partial charge in [0.25, 0.3) is 0 Å². The lowest BCUT2D eigenvalue weighted by Gasteiger charge is -2.20. The third-order valence-corrected chi connectivity index (χ3v) is 7.92. The minimum Gasteiger partial charge on any atom is -0.0622 e. The molecule has 0 heteroatoms. The van der Waals surface area contributed by atoms with Crippen LogP contribution in [0.1, 0.15) is 11.1 Å². The fourth-order valence-electron chi connectivity index (χ4n) is 6.17. The van der Waals surface area contributed by atoms with Gasteiger partial charge in [-0.1, -0.05) is 133 Å². The summed E-state index contributed by atoms with van der Waals surface area (Å²) in [6.07, 6.45) is 0. The fraction of sp³-hybridized carbons (Fsp3) is 0.0526. The number of hydrogen-bond donors (Lipinski definition) is 0. The van der Waals surface area contributed by atoms with Gasteiger partial charge in [0.15, 0.2) is 0 Å². The number of hydrogen-bond acceptors (Lipinski definition) is 0. The molecule has 0 aliphatic rings. The van der Waals surface area contributed by atoms with Crippen LogP contribution in [0.15, 0.2) is 133 Å². The molecule has 0 N–H and O–H groups in total. The lowest BCUT2D eigenvalue weighted by Crippen LogP contribution is -1.94.